The van der Waals surface area contributed by atoms with Crippen molar-refractivity contribution in [2.75, 3.05) is 26.8 Å². The van der Waals surface area contributed by atoms with Crippen LogP contribution in [-0.4, -0.2) is 32.7 Å². The van der Waals surface area contributed by atoms with Gasteiger partial charge in [-0.25, -0.2) is 0 Å². The van der Waals surface area contributed by atoms with E-state index in [1.807, 2.05) is 12.1 Å². The highest BCUT2D eigenvalue weighted by atomic mass is 16.5. The van der Waals surface area contributed by atoms with E-state index >= 15 is 0 Å². The third kappa shape index (κ3) is 5.85. The average molecular weight is 264 g/mol. The summed E-state index contributed by atoms with van der Waals surface area (Å²) >= 11 is 0. The van der Waals surface area contributed by atoms with Crippen molar-refractivity contribution in [3.63, 3.8) is 0 Å². The minimum atomic E-state index is 0.0246. The second-order valence-corrected chi connectivity index (χ2v) is 4.66. The van der Waals surface area contributed by atoms with Crippen LogP contribution in [0.15, 0.2) is 24.3 Å². The van der Waals surface area contributed by atoms with Crippen molar-refractivity contribution < 1.29 is 9.53 Å². The summed E-state index contributed by atoms with van der Waals surface area (Å²) in [7, 11) is 1.66. The van der Waals surface area contributed by atoms with Crippen molar-refractivity contribution in [1.82, 2.24) is 10.6 Å². The Bertz CT molecular complexity index is 393. The Morgan fingerprint density at radius 3 is 2.79 bits per heavy atom. The highest BCUT2D eigenvalue weighted by molar-refractivity contribution is 5.78. The Hall–Kier alpha value is -1.39. The van der Waals surface area contributed by atoms with Gasteiger partial charge in [-0.3, -0.25) is 4.79 Å². The van der Waals surface area contributed by atoms with Crippen LogP contribution in [0.2, 0.25) is 0 Å². The van der Waals surface area contributed by atoms with E-state index in [9.17, 15) is 4.79 Å². The summed E-state index contributed by atoms with van der Waals surface area (Å²) in [6.45, 7) is 5.82. The van der Waals surface area contributed by atoms with Gasteiger partial charge in [0.15, 0.2) is 0 Å². The first-order chi connectivity index (χ1) is 9.15. The van der Waals surface area contributed by atoms with Gasteiger partial charge in [-0.2, -0.15) is 0 Å². The number of hydrogen-bond acceptors (Lipinski definition) is 3. The number of ether oxygens (including phenoxy) is 1. The van der Waals surface area contributed by atoms with Gasteiger partial charge in [0.1, 0.15) is 0 Å². The topological polar surface area (TPSA) is 50.4 Å². The smallest absolute Gasteiger partial charge is 0.233 e. The molecule has 0 heterocycles. The van der Waals surface area contributed by atoms with E-state index in [4.69, 9.17) is 4.74 Å². The molecular weight excluding hydrogens is 240 g/mol. The Morgan fingerprint density at radius 2 is 2.11 bits per heavy atom. The highest BCUT2D eigenvalue weighted by Crippen LogP contribution is 2.15. The quantitative estimate of drug-likeness (QED) is 0.704. The van der Waals surface area contributed by atoms with Crippen LogP contribution >= 0.6 is 0 Å². The van der Waals surface area contributed by atoms with Gasteiger partial charge in [0.2, 0.25) is 5.91 Å². The van der Waals surface area contributed by atoms with Crippen LogP contribution in [0, 0.1) is 6.92 Å². The molecule has 4 heteroatoms. The number of amides is 1. The number of nitrogens with one attached hydrogen (secondary N) is 2. The molecule has 106 valence electrons. The van der Waals surface area contributed by atoms with Crippen molar-refractivity contribution in [3.8, 4) is 0 Å². The fourth-order valence-corrected chi connectivity index (χ4v) is 1.94. The Kier molecular flexibility index (Phi) is 7.15. The molecule has 1 rings (SSSR count). The van der Waals surface area contributed by atoms with Gasteiger partial charge >= 0.3 is 0 Å². The molecular formula is C15H24N2O2. The maximum absolute atomic E-state index is 11.6. The number of aryl methyl sites for hydroxylation is 1. The summed E-state index contributed by atoms with van der Waals surface area (Å²) in [5.41, 5.74) is 2.47. The molecule has 1 atom stereocenters. The fraction of sp³-hybridized carbons (Fsp3) is 0.533. The first kappa shape index (κ1) is 15.7. The maximum atomic E-state index is 11.6. The summed E-state index contributed by atoms with van der Waals surface area (Å²) < 4.78 is 4.93. The van der Waals surface area contributed by atoms with Crippen LogP contribution in [0.3, 0.4) is 0 Å². The van der Waals surface area contributed by atoms with Gasteiger partial charge in [-0.05, 0) is 31.4 Å². The first-order valence-electron chi connectivity index (χ1n) is 6.69. The summed E-state index contributed by atoms with van der Waals surface area (Å²) in [6, 6.07) is 8.38. The summed E-state index contributed by atoms with van der Waals surface area (Å²) in [5, 5.41) is 6.09. The highest BCUT2D eigenvalue weighted by Gasteiger charge is 2.08. The lowest BCUT2D eigenvalue weighted by atomic mass is 10.0. The summed E-state index contributed by atoms with van der Waals surface area (Å²) in [6.07, 6.45) is 0.843. The predicted molar refractivity (Wildman–Crippen MR) is 77.1 cm³/mol. The number of rotatable bonds is 8. The first-order valence-corrected chi connectivity index (χ1v) is 6.69. The molecule has 0 fully saturated rings. The second kappa shape index (κ2) is 8.67. The van der Waals surface area contributed by atoms with E-state index in [2.05, 4.69) is 36.6 Å². The molecule has 0 saturated carbocycles. The lowest BCUT2D eigenvalue weighted by Gasteiger charge is -2.16. The zero-order valence-corrected chi connectivity index (χ0v) is 12.0. The molecule has 0 saturated heterocycles. The molecule has 0 aromatic heterocycles. The van der Waals surface area contributed by atoms with Gasteiger partial charge in [0, 0.05) is 26.3 Å². The fourth-order valence-electron chi connectivity index (χ4n) is 1.94. The number of benzene rings is 1. The van der Waals surface area contributed by atoms with Crippen molar-refractivity contribution in [3.05, 3.63) is 35.4 Å². The molecule has 1 aromatic rings. The largest absolute Gasteiger partial charge is 0.385 e. The van der Waals surface area contributed by atoms with Crippen molar-refractivity contribution in [2.45, 2.75) is 26.3 Å². The SMILES string of the molecule is COCCCNC(=O)CN[C@H](C)c1ccccc1C. The van der Waals surface area contributed by atoms with Crippen LogP contribution < -0.4 is 10.6 Å². The monoisotopic (exact) mass is 264 g/mol. The molecule has 4 nitrogen and oxygen atoms in total. The lowest BCUT2D eigenvalue weighted by Crippen LogP contribution is -2.35. The lowest BCUT2D eigenvalue weighted by molar-refractivity contribution is -0.120. The molecule has 1 aromatic carbocycles. The number of carbonyl (C=O) groups is 1. The van der Waals surface area contributed by atoms with E-state index in [-0.39, 0.29) is 11.9 Å². The zero-order chi connectivity index (χ0) is 14.1. The number of hydrogen-bond donors (Lipinski definition) is 2. The van der Waals surface area contributed by atoms with E-state index < -0.39 is 0 Å². The van der Waals surface area contributed by atoms with Crippen molar-refractivity contribution in [2.24, 2.45) is 0 Å². The molecule has 19 heavy (non-hydrogen) atoms. The van der Waals surface area contributed by atoms with Crippen LogP contribution in [-0.2, 0) is 9.53 Å². The standard InChI is InChI=1S/C15H24N2O2/c1-12-7-4-5-8-14(12)13(2)17-11-15(18)16-9-6-10-19-3/h4-5,7-8,13,17H,6,9-11H2,1-3H3,(H,16,18)/t13-/m1/s1. The van der Waals surface area contributed by atoms with Crippen LogP contribution in [0.5, 0.6) is 0 Å². The minimum absolute atomic E-state index is 0.0246. The van der Waals surface area contributed by atoms with Gasteiger partial charge in [-0.1, -0.05) is 24.3 Å². The van der Waals surface area contributed by atoms with Gasteiger partial charge in [0.25, 0.3) is 0 Å². The molecule has 0 aliphatic rings. The van der Waals surface area contributed by atoms with E-state index in [0.29, 0.717) is 19.7 Å². The predicted octanol–water partition coefficient (Wildman–Crippen LogP) is 1.80. The Labute approximate surface area is 115 Å². The second-order valence-electron chi connectivity index (χ2n) is 4.66. The van der Waals surface area contributed by atoms with E-state index in [1.165, 1.54) is 11.1 Å². The number of methoxy groups -OCH3 is 1. The van der Waals surface area contributed by atoms with Crippen molar-refractivity contribution in [1.29, 1.82) is 0 Å². The van der Waals surface area contributed by atoms with Crippen LogP contribution in [0.4, 0.5) is 0 Å². The third-order valence-corrected chi connectivity index (χ3v) is 3.07. The van der Waals surface area contributed by atoms with Gasteiger partial charge < -0.3 is 15.4 Å². The van der Waals surface area contributed by atoms with Gasteiger partial charge in [-0.15, -0.1) is 0 Å². The molecule has 2 N–H and O–H groups in total. The Morgan fingerprint density at radius 1 is 1.37 bits per heavy atom. The molecule has 0 unspecified atom stereocenters. The molecule has 0 radical (unpaired) electrons. The number of carbonyl (C=O) groups excluding carboxylic acids is 1. The Balaban J connectivity index is 2.28. The summed E-state index contributed by atoms with van der Waals surface area (Å²) in [5.74, 6) is 0.0246. The van der Waals surface area contributed by atoms with Crippen LogP contribution in [0.1, 0.15) is 30.5 Å². The molecule has 0 aliphatic heterocycles. The third-order valence-electron chi connectivity index (χ3n) is 3.07. The normalized spacial score (nSPS) is 12.2. The average Bonchev–Trinajstić information content (AvgIpc) is 2.41. The molecule has 0 aliphatic carbocycles. The maximum Gasteiger partial charge on any atom is 0.233 e. The molecule has 0 spiro atoms. The zero-order valence-electron chi connectivity index (χ0n) is 12.0. The van der Waals surface area contributed by atoms with Gasteiger partial charge in [0.05, 0.1) is 6.54 Å². The van der Waals surface area contributed by atoms with E-state index in [0.717, 1.165) is 6.42 Å². The summed E-state index contributed by atoms with van der Waals surface area (Å²) in [4.78, 5) is 11.6. The molecule has 1 amide bonds. The minimum Gasteiger partial charge on any atom is -0.385 e. The van der Waals surface area contributed by atoms with E-state index in [1.54, 1.807) is 7.11 Å². The van der Waals surface area contributed by atoms with Crippen molar-refractivity contribution >= 4 is 5.91 Å². The van der Waals surface area contributed by atoms with Crippen LogP contribution in [0.25, 0.3) is 0 Å². The molecule has 0 bridgehead atoms.